The molecule has 0 radical (unpaired) electrons. The number of carbonyl (C=O) groups is 1. The zero-order valence-electron chi connectivity index (χ0n) is 15.4. The van der Waals surface area contributed by atoms with Crippen LogP contribution in [0.3, 0.4) is 0 Å². The summed E-state index contributed by atoms with van der Waals surface area (Å²) in [5.74, 6) is -0.471. The molecule has 2 aromatic carbocycles. The second kappa shape index (κ2) is 9.30. The Hall–Kier alpha value is -1.87. The van der Waals surface area contributed by atoms with E-state index in [0.29, 0.717) is 28.8 Å². The van der Waals surface area contributed by atoms with Crippen molar-refractivity contribution in [2.75, 3.05) is 32.8 Å². The lowest BCUT2D eigenvalue weighted by atomic mass is 10.3. The van der Waals surface area contributed by atoms with Gasteiger partial charge in [0.25, 0.3) is 5.91 Å². The van der Waals surface area contributed by atoms with Crippen molar-refractivity contribution in [3.8, 4) is 5.75 Å². The Bertz CT molecular complexity index is 986. The minimum Gasteiger partial charge on any atom is -0.482 e. The second-order valence-corrected chi connectivity index (χ2v) is 9.24. The summed E-state index contributed by atoms with van der Waals surface area (Å²) in [5.41, 5.74) is 0. The zero-order valence-corrected chi connectivity index (χ0v) is 17.7. The van der Waals surface area contributed by atoms with Crippen LogP contribution in [0.15, 0.2) is 47.4 Å². The van der Waals surface area contributed by atoms with Crippen LogP contribution < -0.4 is 4.74 Å². The van der Waals surface area contributed by atoms with E-state index in [1.807, 2.05) is 0 Å². The number of sulfonamides is 1. The molecule has 10 heteroatoms. The molecule has 6 nitrogen and oxygen atoms in total. The molecule has 0 saturated carbocycles. The molecule has 1 amide bonds. The van der Waals surface area contributed by atoms with Crippen LogP contribution in [0.2, 0.25) is 10.0 Å². The van der Waals surface area contributed by atoms with Gasteiger partial charge in [0.15, 0.2) is 6.61 Å². The van der Waals surface area contributed by atoms with Crippen molar-refractivity contribution in [1.82, 2.24) is 9.21 Å². The Balaban J connectivity index is 1.61. The fourth-order valence-electron chi connectivity index (χ4n) is 2.96. The SMILES string of the molecule is O=C(COc1cc(Cl)ccc1Cl)N1CCCN(S(=O)(=O)c2ccc(F)cc2)CC1. The highest BCUT2D eigenvalue weighted by molar-refractivity contribution is 7.89. The van der Waals surface area contributed by atoms with Gasteiger partial charge in [0, 0.05) is 37.3 Å². The summed E-state index contributed by atoms with van der Waals surface area (Å²) in [6.45, 7) is 0.811. The average molecular weight is 461 g/mol. The molecule has 0 bridgehead atoms. The van der Waals surface area contributed by atoms with Crippen molar-refractivity contribution in [2.24, 2.45) is 0 Å². The predicted molar refractivity (Wildman–Crippen MR) is 108 cm³/mol. The largest absolute Gasteiger partial charge is 0.482 e. The summed E-state index contributed by atoms with van der Waals surface area (Å²) >= 11 is 11.9. The van der Waals surface area contributed by atoms with Crippen LogP contribution in [0.4, 0.5) is 4.39 Å². The van der Waals surface area contributed by atoms with Gasteiger partial charge in [0.05, 0.1) is 9.92 Å². The van der Waals surface area contributed by atoms with Crippen LogP contribution in [-0.2, 0) is 14.8 Å². The van der Waals surface area contributed by atoms with Crippen molar-refractivity contribution >= 4 is 39.1 Å². The molecule has 156 valence electrons. The molecule has 0 unspecified atom stereocenters. The number of halogens is 3. The van der Waals surface area contributed by atoms with Gasteiger partial charge in [-0.3, -0.25) is 4.79 Å². The number of ether oxygens (including phenoxy) is 1. The maximum Gasteiger partial charge on any atom is 0.260 e. The quantitative estimate of drug-likeness (QED) is 0.685. The number of amides is 1. The fraction of sp³-hybridized carbons (Fsp3) is 0.316. The molecule has 0 aromatic heterocycles. The third-order valence-corrected chi connectivity index (χ3v) is 6.96. The molecule has 0 N–H and O–H groups in total. The summed E-state index contributed by atoms with van der Waals surface area (Å²) in [6, 6.07) is 9.41. The van der Waals surface area contributed by atoms with E-state index in [0.717, 1.165) is 12.1 Å². The van der Waals surface area contributed by atoms with Gasteiger partial charge in [0.1, 0.15) is 11.6 Å². The number of hydrogen-bond donors (Lipinski definition) is 0. The van der Waals surface area contributed by atoms with Gasteiger partial charge in [-0.25, -0.2) is 12.8 Å². The Morgan fingerprint density at radius 3 is 2.48 bits per heavy atom. The van der Waals surface area contributed by atoms with Crippen molar-refractivity contribution < 1.29 is 22.3 Å². The molecule has 1 fully saturated rings. The summed E-state index contributed by atoms with van der Waals surface area (Å²) in [5, 5.41) is 0.780. The molecule has 1 aliphatic rings. The van der Waals surface area contributed by atoms with E-state index in [1.54, 1.807) is 17.0 Å². The van der Waals surface area contributed by atoms with Crippen LogP contribution in [0, 0.1) is 5.82 Å². The molecular weight excluding hydrogens is 442 g/mol. The third-order valence-electron chi connectivity index (χ3n) is 4.50. The molecule has 0 atom stereocenters. The Labute approximate surface area is 178 Å². The summed E-state index contributed by atoms with van der Waals surface area (Å²) in [7, 11) is -3.75. The summed E-state index contributed by atoms with van der Waals surface area (Å²) in [6.07, 6.45) is 0.476. The van der Waals surface area contributed by atoms with Gasteiger partial charge < -0.3 is 9.64 Å². The normalized spacial score (nSPS) is 15.8. The van der Waals surface area contributed by atoms with Gasteiger partial charge in [0.2, 0.25) is 10.0 Å². The highest BCUT2D eigenvalue weighted by Gasteiger charge is 2.28. The van der Waals surface area contributed by atoms with Gasteiger partial charge in [-0.15, -0.1) is 0 Å². The lowest BCUT2D eigenvalue weighted by molar-refractivity contribution is -0.133. The molecule has 3 rings (SSSR count). The van der Waals surface area contributed by atoms with Crippen molar-refractivity contribution in [3.05, 3.63) is 58.3 Å². The third kappa shape index (κ3) is 5.39. The number of hydrogen-bond acceptors (Lipinski definition) is 4. The number of nitrogens with zero attached hydrogens (tertiary/aromatic N) is 2. The Morgan fingerprint density at radius 2 is 1.76 bits per heavy atom. The summed E-state index contributed by atoms with van der Waals surface area (Å²) in [4.78, 5) is 14.1. The molecular formula is C19H19Cl2FN2O4S. The molecule has 2 aromatic rings. The van der Waals surface area contributed by atoms with E-state index in [1.165, 1.54) is 22.5 Å². The Morgan fingerprint density at radius 1 is 1.03 bits per heavy atom. The van der Waals surface area contributed by atoms with E-state index in [4.69, 9.17) is 27.9 Å². The minimum absolute atomic E-state index is 0.0256. The standard InChI is InChI=1S/C19H19Cl2FN2O4S/c20-14-2-7-17(21)18(12-14)28-13-19(25)23-8-1-9-24(11-10-23)29(26,27)16-5-3-15(22)4-6-16/h2-7,12H,1,8-11,13H2. The van der Waals surface area contributed by atoms with Crippen LogP contribution >= 0.6 is 23.2 Å². The molecule has 0 spiro atoms. The second-order valence-electron chi connectivity index (χ2n) is 6.46. The van der Waals surface area contributed by atoms with Gasteiger partial charge in [-0.05, 0) is 42.8 Å². The maximum absolute atomic E-state index is 13.1. The smallest absolute Gasteiger partial charge is 0.260 e. The first-order chi connectivity index (χ1) is 13.8. The highest BCUT2D eigenvalue weighted by atomic mass is 35.5. The van der Waals surface area contributed by atoms with Crippen molar-refractivity contribution in [3.63, 3.8) is 0 Å². The van der Waals surface area contributed by atoms with E-state index >= 15 is 0 Å². The maximum atomic E-state index is 13.1. The van der Waals surface area contributed by atoms with Crippen LogP contribution in [0.5, 0.6) is 5.75 Å². The van der Waals surface area contributed by atoms with Crippen molar-refractivity contribution in [2.45, 2.75) is 11.3 Å². The topological polar surface area (TPSA) is 66.9 Å². The zero-order chi connectivity index (χ0) is 21.0. The molecule has 1 heterocycles. The van der Waals surface area contributed by atoms with Crippen LogP contribution in [0.25, 0.3) is 0 Å². The predicted octanol–water partition coefficient (Wildman–Crippen LogP) is 3.43. The first kappa shape index (κ1) is 21.8. The molecule has 1 aliphatic heterocycles. The van der Waals surface area contributed by atoms with E-state index in [9.17, 15) is 17.6 Å². The number of carbonyl (C=O) groups excluding carboxylic acids is 1. The van der Waals surface area contributed by atoms with Crippen LogP contribution in [-0.4, -0.2) is 56.3 Å². The molecule has 0 aliphatic carbocycles. The van der Waals surface area contributed by atoms with Crippen molar-refractivity contribution in [1.29, 1.82) is 0 Å². The number of rotatable bonds is 5. The summed E-state index contributed by atoms with van der Waals surface area (Å²) < 4.78 is 45.4. The highest BCUT2D eigenvalue weighted by Crippen LogP contribution is 2.27. The molecule has 29 heavy (non-hydrogen) atoms. The fourth-order valence-corrected chi connectivity index (χ4v) is 4.76. The van der Waals surface area contributed by atoms with E-state index in [2.05, 4.69) is 0 Å². The van der Waals surface area contributed by atoms with Gasteiger partial charge in [-0.2, -0.15) is 4.31 Å². The van der Waals surface area contributed by atoms with E-state index < -0.39 is 15.8 Å². The van der Waals surface area contributed by atoms with Crippen LogP contribution in [0.1, 0.15) is 6.42 Å². The molecule has 1 saturated heterocycles. The van der Waals surface area contributed by atoms with E-state index in [-0.39, 0.29) is 37.0 Å². The monoisotopic (exact) mass is 460 g/mol. The lowest BCUT2D eigenvalue weighted by Gasteiger charge is -2.22. The lowest BCUT2D eigenvalue weighted by Crippen LogP contribution is -2.39. The average Bonchev–Trinajstić information content (AvgIpc) is 2.95. The van der Waals surface area contributed by atoms with Gasteiger partial charge >= 0.3 is 0 Å². The first-order valence-corrected chi connectivity index (χ1v) is 11.1. The number of benzene rings is 2. The first-order valence-electron chi connectivity index (χ1n) is 8.89. The minimum atomic E-state index is -3.75. The Kier molecular flexibility index (Phi) is 7.00. The van der Waals surface area contributed by atoms with Gasteiger partial charge in [-0.1, -0.05) is 23.2 Å².